The Kier molecular flexibility index (Phi) is 6.64. The summed E-state index contributed by atoms with van der Waals surface area (Å²) in [4.78, 5) is 26.8. The van der Waals surface area contributed by atoms with Gasteiger partial charge in [-0.25, -0.2) is 9.18 Å². The molecule has 2 amide bonds. The predicted molar refractivity (Wildman–Crippen MR) is 120 cm³/mol. The number of hydrogen-bond acceptors (Lipinski definition) is 5. The number of carbonyl (C=O) groups is 2. The zero-order chi connectivity index (χ0) is 23.9. The van der Waals surface area contributed by atoms with Crippen LogP contribution in [0.2, 0.25) is 0 Å². The molecule has 1 aromatic carbocycles. The maximum absolute atomic E-state index is 14.6. The first-order valence-electron chi connectivity index (χ1n) is 11.1. The first kappa shape index (κ1) is 24.5. The van der Waals surface area contributed by atoms with Crippen LogP contribution in [-0.2, 0) is 14.0 Å². The standard InChI is InChI=1S/C23H34BFN2O5/c1-21(2,3)30-20(29)26-16-10-12-27(13-11-16)19(28)15-8-9-18(25)17(14-15)24-31-22(4,5)23(6,7)32-24/h8-9,14,16H,10-13H2,1-7H3,(H,26,29). The topological polar surface area (TPSA) is 77.1 Å². The highest BCUT2D eigenvalue weighted by atomic mass is 19.1. The van der Waals surface area contributed by atoms with E-state index in [1.165, 1.54) is 18.2 Å². The molecule has 2 saturated heterocycles. The Hall–Kier alpha value is -2.13. The van der Waals surface area contributed by atoms with Gasteiger partial charge in [-0.2, -0.15) is 0 Å². The molecular formula is C23H34BFN2O5. The molecule has 1 N–H and O–H groups in total. The Morgan fingerprint density at radius 1 is 1.12 bits per heavy atom. The molecule has 32 heavy (non-hydrogen) atoms. The minimum Gasteiger partial charge on any atom is -0.444 e. The fraction of sp³-hybridized carbons (Fsp3) is 0.652. The second-order valence-corrected chi connectivity index (χ2v) is 10.5. The SMILES string of the molecule is CC(C)(C)OC(=O)NC1CCN(C(=O)c2ccc(F)c(B3OC(C)(C)C(C)(C)O3)c2)CC1. The Balaban J connectivity index is 1.63. The first-order chi connectivity index (χ1) is 14.7. The summed E-state index contributed by atoms with van der Waals surface area (Å²) in [7, 11) is -0.878. The van der Waals surface area contributed by atoms with Crippen molar-refractivity contribution >= 4 is 24.6 Å². The molecule has 0 aromatic heterocycles. The number of amides is 2. The van der Waals surface area contributed by atoms with Crippen LogP contribution < -0.4 is 10.8 Å². The van der Waals surface area contributed by atoms with Crippen LogP contribution in [0.25, 0.3) is 0 Å². The Morgan fingerprint density at radius 2 is 1.69 bits per heavy atom. The monoisotopic (exact) mass is 448 g/mol. The molecule has 2 aliphatic rings. The fourth-order valence-electron chi connectivity index (χ4n) is 3.71. The number of ether oxygens (including phenoxy) is 1. The maximum Gasteiger partial charge on any atom is 0.497 e. The van der Waals surface area contributed by atoms with Gasteiger partial charge in [-0.15, -0.1) is 0 Å². The number of nitrogens with one attached hydrogen (secondary N) is 1. The average molecular weight is 448 g/mol. The average Bonchev–Trinajstić information content (AvgIpc) is 2.87. The van der Waals surface area contributed by atoms with E-state index in [2.05, 4.69) is 5.32 Å². The van der Waals surface area contributed by atoms with Gasteiger partial charge in [0.15, 0.2) is 0 Å². The van der Waals surface area contributed by atoms with Crippen molar-refractivity contribution in [1.29, 1.82) is 0 Å². The summed E-state index contributed by atoms with van der Waals surface area (Å²) in [5, 5.41) is 2.86. The van der Waals surface area contributed by atoms with Crippen LogP contribution in [0.4, 0.5) is 9.18 Å². The van der Waals surface area contributed by atoms with Gasteiger partial charge in [-0.05, 0) is 79.5 Å². The second kappa shape index (κ2) is 8.67. The van der Waals surface area contributed by atoms with E-state index in [1.807, 2.05) is 48.5 Å². The van der Waals surface area contributed by atoms with Gasteiger partial charge >= 0.3 is 13.2 Å². The van der Waals surface area contributed by atoms with E-state index < -0.39 is 35.8 Å². The number of likely N-dealkylation sites (tertiary alicyclic amines) is 1. The molecule has 176 valence electrons. The van der Waals surface area contributed by atoms with Crippen LogP contribution in [-0.4, -0.2) is 60.0 Å². The third-order valence-electron chi connectivity index (χ3n) is 6.25. The third kappa shape index (κ3) is 5.43. The molecule has 0 unspecified atom stereocenters. The lowest BCUT2D eigenvalue weighted by Crippen LogP contribution is -2.47. The maximum atomic E-state index is 14.6. The summed E-state index contributed by atoms with van der Waals surface area (Å²) < 4.78 is 31.8. The predicted octanol–water partition coefficient (Wildman–Crippen LogP) is 3.25. The summed E-state index contributed by atoms with van der Waals surface area (Å²) >= 11 is 0. The fourth-order valence-corrected chi connectivity index (χ4v) is 3.71. The van der Waals surface area contributed by atoms with Gasteiger partial charge < -0.3 is 24.3 Å². The number of nitrogens with zero attached hydrogens (tertiary/aromatic N) is 1. The molecule has 9 heteroatoms. The summed E-state index contributed by atoms with van der Waals surface area (Å²) in [6, 6.07) is 4.23. The highest BCUT2D eigenvalue weighted by Gasteiger charge is 2.52. The third-order valence-corrected chi connectivity index (χ3v) is 6.25. The molecule has 7 nitrogen and oxygen atoms in total. The summed E-state index contributed by atoms with van der Waals surface area (Å²) in [5.74, 6) is -0.654. The molecule has 2 fully saturated rings. The van der Waals surface area contributed by atoms with Crippen LogP contribution in [0.1, 0.15) is 71.7 Å². The summed E-state index contributed by atoms with van der Waals surface area (Å²) in [5.41, 5.74) is -1.16. The Bertz CT molecular complexity index is 860. The molecule has 2 heterocycles. The molecule has 1 aromatic rings. The van der Waals surface area contributed by atoms with Crippen LogP contribution in [0.15, 0.2) is 18.2 Å². The molecule has 2 aliphatic heterocycles. The smallest absolute Gasteiger partial charge is 0.444 e. The molecule has 3 rings (SSSR count). The number of piperidine rings is 1. The van der Waals surface area contributed by atoms with E-state index >= 15 is 0 Å². The van der Waals surface area contributed by atoms with E-state index in [0.717, 1.165) is 0 Å². The van der Waals surface area contributed by atoms with Crippen molar-refractivity contribution < 1.29 is 28.0 Å². The lowest BCUT2D eigenvalue weighted by molar-refractivity contribution is 0.00578. The van der Waals surface area contributed by atoms with Crippen molar-refractivity contribution in [3.05, 3.63) is 29.6 Å². The van der Waals surface area contributed by atoms with Gasteiger partial charge in [0.2, 0.25) is 0 Å². The molecule has 0 atom stereocenters. The van der Waals surface area contributed by atoms with Crippen molar-refractivity contribution in [2.24, 2.45) is 0 Å². The van der Waals surface area contributed by atoms with Crippen LogP contribution in [0, 0.1) is 5.82 Å². The van der Waals surface area contributed by atoms with Crippen LogP contribution in [0.5, 0.6) is 0 Å². The molecule has 0 radical (unpaired) electrons. The Morgan fingerprint density at radius 3 is 2.22 bits per heavy atom. The van der Waals surface area contributed by atoms with Crippen LogP contribution in [0.3, 0.4) is 0 Å². The number of alkyl carbamates (subject to hydrolysis) is 1. The van der Waals surface area contributed by atoms with E-state index in [4.69, 9.17) is 14.0 Å². The highest BCUT2D eigenvalue weighted by molar-refractivity contribution is 6.62. The molecule has 0 aliphatic carbocycles. The van der Waals surface area contributed by atoms with E-state index in [1.54, 1.807) is 4.90 Å². The molecule has 0 bridgehead atoms. The quantitative estimate of drug-likeness (QED) is 0.719. The number of benzene rings is 1. The van der Waals surface area contributed by atoms with Gasteiger partial charge in [0, 0.05) is 30.2 Å². The highest BCUT2D eigenvalue weighted by Crippen LogP contribution is 2.36. The van der Waals surface area contributed by atoms with E-state index in [-0.39, 0.29) is 17.4 Å². The summed E-state index contributed by atoms with van der Waals surface area (Å²) in [6.45, 7) is 14.0. The zero-order valence-corrected chi connectivity index (χ0v) is 20.1. The first-order valence-corrected chi connectivity index (χ1v) is 11.1. The van der Waals surface area contributed by atoms with Gasteiger partial charge in [0.1, 0.15) is 11.4 Å². The van der Waals surface area contributed by atoms with Crippen molar-refractivity contribution in [3.8, 4) is 0 Å². The van der Waals surface area contributed by atoms with Crippen molar-refractivity contribution in [1.82, 2.24) is 10.2 Å². The minimum absolute atomic E-state index is 0.0533. The molecule has 0 spiro atoms. The summed E-state index contributed by atoms with van der Waals surface area (Å²) in [6.07, 6.45) is 0.792. The van der Waals surface area contributed by atoms with Crippen molar-refractivity contribution in [2.75, 3.05) is 13.1 Å². The van der Waals surface area contributed by atoms with Gasteiger partial charge in [-0.3, -0.25) is 4.79 Å². The normalized spacial score (nSPS) is 20.9. The van der Waals surface area contributed by atoms with E-state index in [9.17, 15) is 14.0 Å². The lowest BCUT2D eigenvalue weighted by atomic mass is 9.78. The number of halogens is 1. The lowest BCUT2D eigenvalue weighted by Gasteiger charge is -2.33. The van der Waals surface area contributed by atoms with E-state index in [0.29, 0.717) is 31.5 Å². The number of rotatable bonds is 3. The second-order valence-electron chi connectivity index (χ2n) is 10.5. The largest absolute Gasteiger partial charge is 0.497 e. The van der Waals surface area contributed by atoms with Crippen molar-refractivity contribution in [2.45, 2.75) is 84.2 Å². The zero-order valence-electron chi connectivity index (χ0n) is 20.1. The molecule has 0 saturated carbocycles. The number of carbonyl (C=O) groups excluding carboxylic acids is 2. The minimum atomic E-state index is -0.878. The van der Waals surface area contributed by atoms with Gasteiger partial charge in [0.25, 0.3) is 5.91 Å². The van der Waals surface area contributed by atoms with Gasteiger partial charge in [-0.1, -0.05) is 0 Å². The van der Waals surface area contributed by atoms with Gasteiger partial charge in [0.05, 0.1) is 11.2 Å². The van der Waals surface area contributed by atoms with Crippen LogP contribution >= 0.6 is 0 Å². The van der Waals surface area contributed by atoms with Crippen molar-refractivity contribution in [3.63, 3.8) is 0 Å². The Labute approximate surface area is 190 Å². The number of hydrogen-bond donors (Lipinski definition) is 1. The molecular weight excluding hydrogens is 414 g/mol.